The van der Waals surface area contributed by atoms with Crippen molar-refractivity contribution < 1.29 is 9.47 Å². The van der Waals surface area contributed by atoms with Crippen LogP contribution in [0.25, 0.3) is 0 Å². The summed E-state index contributed by atoms with van der Waals surface area (Å²) in [5, 5.41) is 9.84. The third kappa shape index (κ3) is 6.97. The van der Waals surface area contributed by atoms with Gasteiger partial charge in [-0.3, -0.25) is 4.99 Å². The van der Waals surface area contributed by atoms with Crippen LogP contribution in [0.4, 0.5) is 0 Å². The number of guanidine groups is 1. The van der Waals surface area contributed by atoms with Crippen molar-refractivity contribution in [3.8, 4) is 11.5 Å². The van der Waals surface area contributed by atoms with Crippen molar-refractivity contribution in [1.82, 2.24) is 15.6 Å². The van der Waals surface area contributed by atoms with Crippen molar-refractivity contribution in [2.75, 3.05) is 27.8 Å². The first-order valence-corrected chi connectivity index (χ1v) is 9.69. The lowest BCUT2D eigenvalue weighted by molar-refractivity contribution is 0.352. The molecule has 0 saturated carbocycles. The molecule has 0 fully saturated rings. The van der Waals surface area contributed by atoms with Crippen LogP contribution in [0.1, 0.15) is 21.8 Å². The van der Waals surface area contributed by atoms with Gasteiger partial charge in [0.1, 0.15) is 0 Å². The number of methoxy groups -OCH3 is 2. The Balaban J connectivity index is 0.00000392. The molecule has 0 aliphatic carbocycles. The lowest BCUT2D eigenvalue weighted by Gasteiger charge is -2.16. The van der Waals surface area contributed by atoms with E-state index in [4.69, 9.17) is 9.47 Å². The van der Waals surface area contributed by atoms with Gasteiger partial charge in [0.15, 0.2) is 17.5 Å². The van der Waals surface area contributed by atoms with Crippen LogP contribution < -0.4 is 20.1 Å². The lowest BCUT2D eigenvalue weighted by atomic mass is 10.1. The number of thiazole rings is 1. The van der Waals surface area contributed by atoms with Gasteiger partial charge >= 0.3 is 0 Å². The van der Waals surface area contributed by atoms with Crippen LogP contribution in [0.3, 0.4) is 0 Å². The topological polar surface area (TPSA) is 67.8 Å². The molecule has 8 heteroatoms. The minimum Gasteiger partial charge on any atom is -0.493 e. The number of benzene rings is 1. The van der Waals surface area contributed by atoms with E-state index in [9.17, 15) is 0 Å². The molecule has 0 atom stereocenters. The Kier molecular flexibility index (Phi) is 10.9. The zero-order valence-corrected chi connectivity index (χ0v) is 20.0. The van der Waals surface area contributed by atoms with Gasteiger partial charge in [0.2, 0.25) is 0 Å². The number of halogens is 1. The second-order valence-corrected chi connectivity index (χ2v) is 7.01. The van der Waals surface area contributed by atoms with E-state index in [1.807, 2.05) is 19.1 Å². The zero-order chi connectivity index (χ0) is 19.6. The highest BCUT2D eigenvalue weighted by Gasteiger charge is 2.12. The van der Waals surface area contributed by atoms with Gasteiger partial charge in [-0.2, -0.15) is 0 Å². The molecule has 0 spiro atoms. The van der Waals surface area contributed by atoms with E-state index < -0.39 is 0 Å². The van der Waals surface area contributed by atoms with Gasteiger partial charge in [0.05, 0.1) is 24.9 Å². The van der Waals surface area contributed by atoms with Crippen LogP contribution in [-0.4, -0.2) is 38.8 Å². The summed E-state index contributed by atoms with van der Waals surface area (Å²) < 4.78 is 11.0. The van der Waals surface area contributed by atoms with E-state index in [0.29, 0.717) is 13.0 Å². The molecular weight excluding hydrogens is 487 g/mol. The van der Waals surface area contributed by atoms with Gasteiger partial charge in [-0.15, -0.1) is 41.9 Å². The molecule has 0 aliphatic rings. The Morgan fingerprint density at radius 2 is 2.07 bits per heavy atom. The highest BCUT2D eigenvalue weighted by atomic mass is 127. The number of allylic oxidation sites excluding steroid dienone is 1. The Labute approximate surface area is 188 Å². The first-order chi connectivity index (χ1) is 13.1. The van der Waals surface area contributed by atoms with Gasteiger partial charge in [0, 0.05) is 37.5 Å². The minimum atomic E-state index is 0. The van der Waals surface area contributed by atoms with Crippen molar-refractivity contribution >= 4 is 41.3 Å². The van der Waals surface area contributed by atoms with Gasteiger partial charge in [-0.1, -0.05) is 6.08 Å². The van der Waals surface area contributed by atoms with E-state index in [1.54, 1.807) is 32.6 Å². The molecule has 0 unspecified atom stereocenters. The predicted octanol–water partition coefficient (Wildman–Crippen LogP) is 3.72. The summed E-state index contributed by atoms with van der Waals surface area (Å²) in [6.45, 7) is 7.24. The smallest absolute Gasteiger partial charge is 0.191 e. The molecule has 0 amide bonds. The molecule has 2 aromatic rings. The molecule has 1 aromatic carbocycles. The Morgan fingerprint density at radius 1 is 1.29 bits per heavy atom. The molecule has 2 N–H and O–H groups in total. The Morgan fingerprint density at radius 3 is 2.64 bits per heavy atom. The highest BCUT2D eigenvalue weighted by Crippen LogP contribution is 2.33. The van der Waals surface area contributed by atoms with Gasteiger partial charge in [-0.05, 0) is 31.0 Å². The third-order valence-corrected chi connectivity index (χ3v) is 4.83. The van der Waals surface area contributed by atoms with Crippen molar-refractivity contribution in [2.24, 2.45) is 4.99 Å². The molecule has 1 heterocycles. The molecule has 0 saturated heterocycles. The first kappa shape index (κ1) is 24.2. The molecule has 154 valence electrons. The molecule has 28 heavy (non-hydrogen) atoms. The van der Waals surface area contributed by atoms with Crippen LogP contribution in [0.15, 0.2) is 35.2 Å². The molecule has 1 aromatic heterocycles. The number of nitrogens with zero attached hydrogens (tertiary/aromatic N) is 2. The quantitative estimate of drug-likeness (QED) is 0.230. The van der Waals surface area contributed by atoms with E-state index in [1.165, 1.54) is 0 Å². The number of aromatic nitrogens is 1. The monoisotopic (exact) mass is 516 g/mol. The van der Waals surface area contributed by atoms with Gasteiger partial charge < -0.3 is 20.1 Å². The number of hydrogen-bond donors (Lipinski definition) is 2. The average Bonchev–Trinajstić information content (AvgIpc) is 3.09. The van der Waals surface area contributed by atoms with E-state index in [2.05, 4.69) is 38.6 Å². The summed E-state index contributed by atoms with van der Waals surface area (Å²) in [5.41, 5.74) is 3.24. The summed E-state index contributed by atoms with van der Waals surface area (Å²) in [6.07, 6.45) is 3.44. The van der Waals surface area contributed by atoms with Gasteiger partial charge in [-0.25, -0.2) is 4.98 Å². The maximum Gasteiger partial charge on any atom is 0.191 e. The van der Waals surface area contributed by atoms with Crippen molar-refractivity contribution in [3.05, 3.63) is 52.0 Å². The normalized spacial score (nSPS) is 10.8. The Hall–Kier alpha value is -1.81. The van der Waals surface area contributed by atoms with E-state index in [-0.39, 0.29) is 24.0 Å². The summed E-state index contributed by atoms with van der Waals surface area (Å²) in [4.78, 5) is 8.75. The maximum atomic E-state index is 5.48. The number of hydrogen-bond acceptors (Lipinski definition) is 5. The molecule has 0 aliphatic heterocycles. The van der Waals surface area contributed by atoms with Crippen LogP contribution in [0.2, 0.25) is 0 Å². The average molecular weight is 516 g/mol. The van der Waals surface area contributed by atoms with Crippen LogP contribution >= 0.6 is 35.3 Å². The lowest BCUT2D eigenvalue weighted by Crippen LogP contribution is -2.37. The highest BCUT2D eigenvalue weighted by molar-refractivity contribution is 14.0. The fraction of sp³-hybridized carbons (Fsp3) is 0.400. The van der Waals surface area contributed by atoms with E-state index in [0.717, 1.165) is 52.3 Å². The predicted molar refractivity (Wildman–Crippen MR) is 128 cm³/mol. The second-order valence-electron chi connectivity index (χ2n) is 5.94. The molecule has 0 radical (unpaired) electrons. The number of rotatable bonds is 9. The second kappa shape index (κ2) is 12.6. The summed E-state index contributed by atoms with van der Waals surface area (Å²) in [7, 11) is 5.06. The van der Waals surface area contributed by atoms with Crippen LogP contribution in [-0.2, 0) is 19.4 Å². The van der Waals surface area contributed by atoms with Gasteiger partial charge in [0.25, 0.3) is 0 Å². The zero-order valence-electron chi connectivity index (χ0n) is 16.9. The first-order valence-electron chi connectivity index (χ1n) is 8.81. The summed E-state index contributed by atoms with van der Waals surface area (Å²) in [5.74, 6) is 2.22. The fourth-order valence-electron chi connectivity index (χ4n) is 2.75. The molecule has 6 nitrogen and oxygen atoms in total. The Bertz CT molecular complexity index is 793. The van der Waals surface area contributed by atoms with Crippen molar-refractivity contribution in [3.63, 3.8) is 0 Å². The number of ether oxygens (including phenoxy) is 2. The molecular formula is C20H29IN4O2S. The van der Waals surface area contributed by atoms with Crippen molar-refractivity contribution in [1.29, 1.82) is 0 Å². The van der Waals surface area contributed by atoms with Crippen LogP contribution in [0.5, 0.6) is 11.5 Å². The summed E-state index contributed by atoms with van der Waals surface area (Å²) >= 11 is 1.67. The SMILES string of the molecule is C=CCc1cc(CNC(=NC)NCCc2csc(C)n2)cc(OC)c1OC.I. The van der Waals surface area contributed by atoms with Crippen LogP contribution in [0, 0.1) is 6.92 Å². The number of aliphatic imine (C=N–C) groups is 1. The molecule has 0 bridgehead atoms. The fourth-order valence-corrected chi connectivity index (χ4v) is 3.40. The van der Waals surface area contributed by atoms with Crippen molar-refractivity contribution in [2.45, 2.75) is 26.3 Å². The molecule has 2 rings (SSSR count). The summed E-state index contributed by atoms with van der Waals surface area (Å²) in [6, 6.07) is 4.07. The third-order valence-electron chi connectivity index (χ3n) is 4.00. The minimum absolute atomic E-state index is 0. The standard InChI is InChI=1S/C20H28N4O2S.HI/c1-6-7-16-10-15(11-18(25-4)19(16)26-5)12-23-20(21-3)22-9-8-17-13-27-14(2)24-17;/h6,10-11,13H,1,7-9,12H2,2-5H3,(H2,21,22,23);1H. The maximum absolute atomic E-state index is 5.48. The number of nitrogens with one attached hydrogen (secondary N) is 2. The van der Waals surface area contributed by atoms with E-state index >= 15 is 0 Å². The largest absolute Gasteiger partial charge is 0.493 e. The number of aryl methyl sites for hydroxylation is 1.